The molecule has 144 valence electrons. The van der Waals surface area contributed by atoms with Crippen LogP contribution in [0.1, 0.15) is 5.69 Å². The van der Waals surface area contributed by atoms with Crippen LogP contribution in [0.2, 0.25) is 10.0 Å². The lowest BCUT2D eigenvalue weighted by molar-refractivity contribution is 0.581. The van der Waals surface area contributed by atoms with Gasteiger partial charge in [0.05, 0.1) is 10.6 Å². The Kier molecular flexibility index (Phi) is 5.39. The van der Waals surface area contributed by atoms with E-state index in [9.17, 15) is 8.42 Å². The Morgan fingerprint density at radius 2 is 1.86 bits per heavy atom. The van der Waals surface area contributed by atoms with Crippen molar-refractivity contribution in [2.75, 3.05) is 6.54 Å². The summed E-state index contributed by atoms with van der Waals surface area (Å²) in [6.07, 6.45) is 0.475. The van der Waals surface area contributed by atoms with Gasteiger partial charge in [-0.1, -0.05) is 29.3 Å². The molecule has 0 saturated heterocycles. The van der Waals surface area contributed by atoms with Gasteiger partial charge in [0.2, 0.25) is 15.0 Å². The lowest BCUT2D eigenvalue weighted by Crippen LogP contribution is -2.26. The fourth-order valence-electron chi connectivity index (χ4n) is 2.65. The molecule has 0 radical (unpaired) electrons. The Morgan fingerprint density at radius 1 is 1.07 bits per heavy atom. The maximum atomic E-state index is 12.4. The third kappa shape index (κ3) is 4.06. The van der Waals surface area contributed by atoms with Gasteiger partial charge in [0.1, 0.15) is 0 Å². The van der Waals surface area contributed by atoms with Gasteiger partial charge < -0.3 is 0 Å². The summed E-state index contributed by atoms with van der Waals surface area (Å²) in [6.45, 7) is 0.233. The van der Waals surface area contributed by atoms with Crippen molar-refractivity contribution in [1.29, 1.82) is 0 Å². The summed E-state index contributed by atoms with van der Waals surface area (Å²) in [5.74, 6) is 0.601. The van der Waals surface area contributed by atoms with Crippen LogP contribution in [0.3, 0.4) is 0 Å². The maximum Gasteiger partial charge on any atom is 0.240 e. The van der Waals surface area contributed by atoms with E-state index in [2.05, 4.69) is 14.8 Å². The molecule has 0 spiro atoms. The van der Waals surface area contributed by atoms with Crippen LogP contribution in [0, 0.1) is 0 Å². The molecule has 28 heavy (non-hydrogen) atoms. The third-order valence-electron chi connectivity index (χ3n) is 4.03. The standard InChI is InChI=1S/C18H14Cl2N4O2S2/c19-13-6-4-12(5-7-13)17-22-18-24(23-17)15(11-27-18)8-9-21-28(25,26)16-3-1-2-14(20)10-16/h1-7,10-11,21H,8-9H2. The highest BCUT2D eigenvalue weighted by atomic mass is 35.5. The average molecular weight is 453 g/mol. The van der Waals surface area contributed by atoms with E-state index in [0.29, 0.717) is 22.3 Å². The number of nitrogens with zero attached hydrogens (tertiary/aromatic N) is 3. The first-order valence-corrected chi connectivity index (χ1v) is 11.4. The van der Waals surface area contributed by atoms with E-state index < -0.39 is 10.0 Å². The Labute approximate surface area is 175 Å². The summed E-state index contributed by atoms with van der Waals surface area (Å²) in [7, 11) is -3.62. The summed E-state index contributed by atoms with van der Waals surface area (Å²) in [5, 5.41) is 7.49. The molecule has 0 atom stereocenters. The zero-order valence-corrected chi connectivity index (χ0v) is 17.5. The SMILES string of the molecule is O=S(=O)(NCCc1csc2nc(-c3ccc(Cl)cc3)nn12)c1cccc(Cl)c1. The van der Waals surface area contributed by atoms with Crippen molar-refractivity contribution in [2.45, 2.75) is 11.3 Å². The second kappa shape index (κ2) is 7.81. The highest BCUT2D eigenvalue weighted by Gasteiger charge is 2.15. The van der Waals surface area contributed by atoms with E-state index in [4.69, 9.17) is 23.2 Å². The summed E-state index contributed by atoms with van der Waals surface area (Å²) >= 11 is 13.3. The van der Waals surface area contributed by atoms with Crippen molar-refractivity contribution in [1.82, 2.24) is 19.3 Å². The van der Waals surface area contributed by atoms with Crippen LogP contribution in [0.15, 0.2) is 58.8 Å². The van der Waals surface area contributed by atoms with Crippen LogP contribution in [0.25, 0.3) is 16.3 Å². The lowest BCUT2D eigenvalue weighted by Gasteiger charge is -2.06. The summed E-state index contributed by atoms with van der Waals surface area (Å²) in [4.78, 5) is 5.41. The normalized spacial score (nSPS) is 11.9. The lowest BCUT2D eigenvalue weighted by atomic mass is 10.2. The predicted octanol–water partition coefficient (Wildman–Crippen LogP) is 4.29. The van der Waals surface area contributed by atoms with Crippen LogP contribution in [-0.2, 0) is 16.4 Å². The molecule has 0 aliphatic carbocycles. The van der Waals surface area contributed by atoms with Gasteiger partial charge >= 0.3 is 0 Å². The van der Waals surface area contributed by atoms with Gasteiger partial charge in [0.25, 0.3) is 0 Å². The predicted molar refractivity (Wildman–Crippen MR) is 112 cm³/mol. The highest BCUT2D eigenvalue weighted by molar-refractivity contribution is 7.89. The molecule has 6 nitrogen and oxygen atoms in total. The summed E-state index contributed by atoms with van der Waals surface area (Å²) in [5.41, 5.74) is 1.74. The van der Waals surface area contributed by atoms with Gasteiger partial charge in [-0.2, -0.15) is 4.98 Å². The largest absolute Gasteiger partial charge is 0.240 e. The molecule has 4 rings (SSSR count). The van der Waals surface area contributed by atoms with Gasteiger partial charge in [-0.15, -0.1) is 16.4 Å². The zero-order valence-electron chi connectivity index (χ0n) is 14.3. The number of rotatable bonds is 6. The summed E-state index contributed by atoms with van der Waals surface area (Å²) in [6, 6.07) is 13.5. The molecule has 2 aromatic heterocycles. The number of thiazole rings is 1. The van der Waals surface area contributed by atoms with Crippen LogP contribution >= 0.6 is 34.5 Å². The van der Waals surface area contributed by atoms with E-state index in [1.165, 1.54) is 23.5 Å². The first-order chi connectivity index (χ1) is 13.4. The van der Waals surface area contributed by atoms with Crippen LogP contribution in [0.5, 0.6) is 0 Å². The zero-order chi connectivity index (χ0) is 19.7. The van der Waals surface area contributed by atoms with E-state index in [-0.39, 0.29) is 11.4 Å². The first-order valence-electron chi connectivity index (χ1n) is 8.27. The molecule has 1 N–H and O–H groups in total. The quantitative estimate of drug-likeness (QED) is 0.473. The van der Waals surface area contributed by atoms with Crippen LogP contribution < -0.4 is 4.72 Å². The fourth-order valence-corrected chi connectivity index (χ4v) is 4.96. The molecule has 0 amide bonds. The molecule has 0 unspecified atom stereocenters. The monoisotopic (exact) mass is 452 g/mol. The van der Waals surface area contributed by atoms with Crippen molar-refractivity contribution in [2.24, 2.45) is 0 Å². The topological polar surface area (TPSA) is 76.4 Å². The van der Waals surface area contributed by atoms with Crippen LogP contribution in [0.4, 0.5) is 0 Å². The van der Waals surface area contributed by atoms with Crippen LogP contribution in [-0.4, -0.2) is 29.6 Å². The highest BCUT2D eigenvalue weighted by Crippen LogP contribution is 2.22. The van der Waals surface area contributed by atoms with E-state index in [0.717, 1.165) is 16.2 Å². The molecule has 2 aromatic carbocycles. The molecule has 0 fully saturated rings. The molecule has 10 heteroatoms. The number of hydrogen-bond donors (Lipinski definition) is 1. The number of fused-ring (bicyclic) bond motifs is 1. The molecular weight excluding hydrogens is 439 g/mol. The molecule has 0 aliphatic heterocycles. The van der Waals surface area contributed by atoms with Gasteiger partial charge in [-0.3, -0.25) is 0 Å². The second-order valence-electron chi connectivity index (χ2n) is 5.97. The van der Waals surface area contributed by atoms with Gasteiger partial charge in [-0.25, -0.2) is 17.7 Å². The summed E-state index contributed by atoms with van der Waals surface area (Å²) < 4.78 is 29.1. The van der Waals surface area contributed by atoms with Crippen molar-refractivity contribution in [3.63, 3.8) is 0 Å². The van der Waals surface area contributed by atoms with Crippen molar-refractivity contribution in [3.05, 3.63) is 69.7 Å². The van der Waals surface area contributed by atoms with Crippen molar-refractivity contribution >= 4 is 49.5 Å². The van der Waals surface area contributed by atoms with E-state index >= 15 is 0 Å². The molecule has 0 bridgehead atoms. The molecule has 2 heterocycles. The minimum absolute atomic E-state index is 0.140. The Bertz CT molecular complexity index is 1230. The van der Waals surface area contributed by atoms with Gasteiger partial charge in [-0.05, 0) is 42.5 Å². The minimum atomic E-state index is -3.62. The molecule has 0 saturated carbocycles. The number of halogens is 2. The van der Waals surface area contributed by atoms with E-state index in [1.54, 1.807) is 28.8 Å². The number of nitrogens with one attached hydrogen (secondary N) is 1. The molecule has 0 aliphatic rings. The van der Waals surface area contributed by atoms with Crippen molar-refractivity contribution in [3.8, 4) is 11.4 Å². The maximum absolute atomic E-state index is 12.4. The molecular formula is C18H14Cl2N4O2S2. The fraction of sp³-hybridized carbons (Fsp3) is 0.111. The van der Waals surface area contributed by atoms with Crippen molar-refractivity contribution < 1.29 is 8.42 Å². The number of benzene rings is 2. The number of hydrogen-bond acceptors (Lipinski definition) is 5. The molecule has 4 aromatic rings. The number of aromatic nitrogens is 3. The Hall–Kier alpha value is -1.97. The van der Waals surface area contributed by atoms with Gasteiger partial charge in [0.15, 0.2) is 5.82 Å². The minimum Gasteiger partial charge on any atom is -0.211 e. The second-order valence-corrected chi connectivity index (χ2v) is 9.45. The first kappa shape index (κ1) is 19.4. The van der Waals surface area contributed by atoms with Gasteiger partial charge in [0, 0.05) is 34.0 Å². The number of sulfonamides is 1. The van der Waals surface area contributed by atoms with E-state index in [1.807, 2.05) is 17.5 Å². The Morgan fingerprint density at radius 3 is 2.61 bits per heavy atom. The third-order valence-corrected chi connectivity index (χ3v) is 6.84. The smallest absolute Gasteiger partial charge is 0.211 e. The average Bonchev–Trinajstić information content (AvgIpc) is 3.24. The Balaban J connectivity index is 1.49.